The number of sulfonamides is 1. The average molecular weight is 273 g/mol. The van der Waals surface area contributed by atoms with E-state index in [0.717, 1.165) is 4.31 Å². The quantitative estimate of drug-likeness (QED) is 0.761. The summed E-state index contributed by atoms with van der Waals surface area (Å²) in [5.41, 5.74) is 0.524. The van der Waals surface area contributed by atoms with Crippen LogP contribution in [0.4, 0.5) is 5.69 Å². The van der Waals surface area contributed by atoms with Crippen molar-refractivity contribution in [3.05, 3.63) is 24.0 Å². The topological polar surface area (TPSA) is 99.6 Å². The number of hydrogen-bond acceptors (Lipinski definition) is 5. The highest BCUT2D eigenvalue weighted by atomic mass is 32.2. The van der Waals surface area contributed by atoms with Crippen LogP contribution in [0.3, 0.4) is 0 Å². The summed E-state index contributed by atoms with van der Waals surface area (Å²) in [6.45, 7) is 0.231. The molecule has 0 saturated carbocycles. The Kier molecular flexibility index (Phi) is 4.62. The molecule has 0 unspecified atom stereocenters. The Hall–Kier alpha value is -1.67. The van der Waals surface area contributed by atoms with Crippen molar-refractivity contribution in [3.8, 4) is 0 Å². The van der Waals surface area contributed by atoms with Crippen molar-refractivity contribution in [1.82, 2.24) is 9.29 Å². The second-order valence-corrected chi connectivity index (χ2v) is 6.06. The highest BCUT2D eigenvalue weighted by molar-refractivity contribution is 7.89. The lowest BCUT2D eigenvalue weighted by Crippen LogP contribution is -2.28. The van der Waals surface area contributed by atoms with Crippen LogP contribution < -0.4 is 5.32 Å². The van der Waals surface area contributed by atoms with Crippen LogP contribution in [-0.2, 0) is 10.0 Å². The molecule has 0 aromatic carbocycles. The molecule has 1 aromatic rings. The molecule has 8 heteroatoms. The van der Waals surface area contributed by atoms with E-state index < -0.39 is 16.0 Å². The van der Waals surface area contributed by atoms with Gasteiger partial charge in [-0.1, -0.05) is 0 Å². The third kappa shape index (κ3) is 3.97. The van der Waals surface area contributed by atoms with Gasteiger partial charge in [-0.2, -0.15) is 0 Å². The van der Waals surface area contributed by atoms with Crippen molar-refractivity contribution in [2.45, 2.75) is 0 Å². The lowest BCUT2D eigenvalue weighted by Gasteiger charge is -2.12. The molecule has 0 fully saturated rings. The van der Waals surface area contributed by atoms with Crippen molar-refractivity contribution in [2.24, 2.45) is 0 Å². The number of anilines is 1. The zero-order valence-electron chi connectivity index (χ0n) is 10.1. The highest BCUT2D eigenvalue weighted by Crippen LogP contribution is 2.06. The Bertz CT molecular complexity index is 510. The van der Waals surface area contributed by atoms with Crippen LogP contribution >= 0.6 is 0 Å². The number of nitrogens with one attached hydrogen (secondary N) is 1. The lowest BCUT2D eigenvalue weighted by atomic mass is 10.3. The van der Waals surface area contributed by atoms with Crippen LogP contribution in [0, 0.1) is 0 Å². The van der Waals surface area contributed by atoms with Crippen LogP contribution in [0.15, 0.2) is 18.3 Å². The monoisotopic (exact) mass is 273 g/mol. The van der Waals surface area contributed by atoms with Gasteiger partial charge in [-0.15, -0.1) is 0 Å². The number of carbonyl (C=O) groups is 1. The maximum absolute atomic E-state index is 11.5. The molecule has 1 heterocycles. The number of carboxylic acids is 1. The Balaban J connectivity index is 2.52. The van der Waals surface area contributed by atoms with Gasteiger partial charge < -0.3 is 10.4 Å². The molecular weight excluding hydrogens is 258 g/mol. The predicted octanol–water partition coefficient (Wildman–Crippen LogP) is 0.0831. The van der Waals surface area contributed by atoms with Gasteiger partial charge >= 0.3 is 5.97 Å². The molecule has 2 N–H and O–H groups in total. The first-order valence-electron chi connectivity index (χ1n) is 5.16. The standard InChI is InChI=1S/C10H15N3O4S/c1-13(2)18(16,17)6-5-11-8-3-4-9(10(14)15)12-7-8/h3-4,7,11H,5-6H2,1-2H3,(H,14,15). The van der Waals surface area contributed by atoms with Gasteiger partial charge in [-0.05, 0) is 12.1 Å². The molecule has 100 valence electrons. The maximum atomic E-state index is 11.5. The van der Waals surface area contributed by atoms with E-state index in [2.05, 4.69) is 10.3 Å². The number of pyridine rings is 1. The van der Waals surface area contributed by atoms with Crippen molar-refractivity contribution in [3.63, 3.8) is 0 Å². The van der Waals surface area contributed by atoms with Crippen LogP contribution in [0.2, 0.25) is 0 Å². The van der Waals surface area contributed by atoms with E-state index in [1.165, 1.54) is 26.4 Å². The molecular formula is C10H15N3O4S. The summed E-state index contributed by atoms with van der Waals surface area (Å²) in [7, 11) is -0.292. The first kappa shape index (κ1) is 14.4. The molecule has 0 aliphatic rings. The van der Waals surface area contributed by atoms with Crippen LogP contribution in [-0.4, -0.2) is 55.2 Å². The summed E-state index contributed by atoms with van der Waals surface area (Å²) in [5, 5.41) is 11.5. The van der Waals surface area contributed by atoms with Crippen LogP contribution in [0.25, 0.3) is 0 Å². The van der Waals surface area contributed by atoms with Crippen LogP contribution in [0.5, 0.6) is 0 Å². The van der Waals surface area contributed by atoms with Crippen molar-refractivity contribution in [2.75, 3.05) is 31.7 Å². The van der Waals surface area contributed by atoms with E-state index in [0.29, 0.717) is 5.69 Å². The van der Waals surface area contributed by atoms with E-state index >= 15 is 0 Å². The van der Waals surface area contributed by atoms with Gasteiger partial charge in [-0.3, -0.25) is 0 Å². The summed E-state index contributed by atoms with van der Waals surface area (Å²) in [5.74, 6) is -1.14. The number of nitrogens with zero attached hydrogens (tertiary/aromatic N) is 2. The molecule has 0 aliphatic carbocycles. The number of aromatic carboxylic acids is 1. The summed E-state index contributed by atoms with van der Waals surface area (Å²) >= 11 is 0. The van der Waals surface area contributed by atoms with Gasteiger partial charge in [0.1, 0.15) is 5.69 Å². The summed E-state index contributed by atoms with van der Waals surface area (Å²) in [6.07, 6.45) is 1.35. The van der Waals surface area contributed by atoms with Gasteiger partial charge in [0.05, 0.1) is 17.6 Å². The average Bonchev–Trinajstić information content (AvgIpc) is 2.29. The van der Waals surface area contributed by atoms with E-state index in [1.54, 1.807) is 6.07 Å². The fraction of sp³-hybridized carbons (Fsp3) is 0.400. The summed E-state index contributed by atoms with van der Waals surface area (Å²) in [4.78, 5) is 14.3. The molecule has 0 bridgehead atoms. The zero-order chi connectivity index (χ0) is 13.8. The molecule has 1 rings (SSSR count). The smallest absolute Gasteiger partial charge is 0.354 e. The number of carboxylic acid groups (broad SMARTS) is 1. The van der Waals surface area contributed by atoms with E-state index in [1.807, 2.05) is 0 Å². The molecule has 18 heavy (non-hydrogen) atoms. The van der Waals surface area contributed by atoms with E-state index in [-0.39, 0.29) is 18.0 Å². The molecule has 0 radical (unpaired) electrons. The summed E-state index contributed by atoms with van der Waals surface area (Å²) < 4.78 is 24.1. The highest BCUT2D eigenvalue weighted by Gasteiger charge is 2.12. The molecule has 0 amide bonds. The largest absolute Gasteiger partial charge is 0.477 e. The number of aromatic nitrogens is 1. The molecule has 0 saturated heterocycles. The van der Waals surface area contributed by atoms with Gasteiger partial charge in [0, 0.05) is 20.6 Å². The van der Waals surface area contributed by atoms with E-state index in [4.69, 9.17) is 5.11 Å². The van der Waals surface area contributed by atoms with Gasteiger partial charge in [-0.25, -0.2) is 22.5 Å². The second kappa shape index (κ2) is 5.78. The first-order chi connectivity index (χ1) is 8.33. The van der Waals surface area contributed by atoms with E-state index in [9.17, 15) is 13.2 Å². The molecule has 1 aromatic heterocycles. The normalized spacial score (nSPS) is 11.5. The van der Waals surface area contributed by atoms with Gasteiger partial charge in [0.2, 0.25) is 10.0 Å². The molecule has 0 spiro atoms. The fourth-order valence-electron chi connectivity index (χ4n) is 1.13. The minimum absolute atomic E-state index is 0.0410. The van der Waals surface area contributed by atoms with Crippen molar-refractivity contribution >= 4 is 21.7 Å². The van der Waals surface area contributed by atoms with Crippen LogP contribution in [0.1, 0.15) is 10.5 Å². The lowest BCUT2D eigenvalue weighted by molar-refractivity contribution is 0.0690. The first-order valence-corrected chi connectivity index (χ1v) is 6.77. The Morgan fingerprint density at radius 3 is 2.56 bits per heavy atom. The predicted molar refractivity (Wildman–Crippen MR) is 67.2 cm³/mol. The van der Waals surface area contributed by atoms with Gasteiger partial charge in [0.25, 0.3) is 0 Å². The molecule has 0 atom stereocenters. The molecule has 7 nitrogen and oxygen atoms in total. The van der Waals surface area contributed by atoms with Crippen molar-refractivity contribution in [1.29, 1.82) is 0 Å². The molecule has 0 aliphatic heterocycles. The second-order valence-electron chi connectivity index (χ2n) is 3.76. The number of rotatable bonds is 6. The van der Waals surface area contributed by atoms with Crippen molar-refractivity contribution < 1.29 is 18.3 Å². The minimum Gasteiger partial charge on any atom is -0.477 e. The maximum Gasteiger partial charge on any atom is 0.354 e. The van der Waals surface area contributed by atoms with Gasteiger partial charge in [0.15, 0.2) is 0 Å². The fourth-order valence-corrected chi connectivity index (χ4v) is 1.86. The third-order valence-corrected chi connectivity index (χ3v) is 4.06. The SMILES string of the molecule is CN(C)S(=O)(=O)CCNc1ccc(C(=O)O)nc1. The number of hydrogen-bond donors (Lipinski definition) is 2. The Morgan fingerprint density at radius 2 is 2.11 bits per heavy atom. The summed E-state index contributed by atoms with van der Waals surface area (Å²) in [6, 6.07) is 2.89. The zero-order valence-corrected chi connectivity index (χ0v) is 10.9. The third-order valence-electron chi connectivity index (χ3n) is 2.23. The Labute approximate surface area is 106 Å². The Morgan fingerprint density at radius 1 is 1.44 bits per heavy atom. The minimum atomic E-state index is -3.23.